The molecule has 0 aliphatic carbocycles. The molecule has 1 aliphatic rings. The predicted octanol–water partition coefficient (Wildman–Crippen LogP) is 20.4. The Morgan fingerprint density at radius 3 is 1.59 bits per heavy atom. The van der Waals surface area contributed by atoms with Crippen LogP contribution in [0.25, 0.3) is 44.4 Å². The summed E-state index contributed by atoms with van der Waals surface area (Å²) in [5.41, 5.74) is 18.8. The lowest BCUT2D eigenvalue weighted by Gasteiger charge is -2.29. The second-order valence-corrected chi connectivity index (χ2v) is 26.3. The third-order valence-corrected chi connectivity index (χ3v) is 17.2. The molecule has 410 valence electrons. The van der Waals surface area contributed by atoms with Crippen LogP contribution in [0.3, 0.4) is 0 Å². The highest BCUT2D eigenvalue weighted by Crippen LogP contribution is 2.46. The number of hydrogen-bond donors (Lipinski definition) is 0. The summed E-state index contributed by atoms with van der Waals surface area (Å²) >= 11 is 0. The molecule has 81 heavy (non-hydrogen) atoms. The average Bonchev–Trinajstić information content (AvgIpc) is 3.51. The summed E-state index contributed by atoms with van der Waals surface area (Å²) < 4.78 is 9.71. The molecule has 11 rings (SSSR count). The van der Waals surface area contributed by atoms with Gasteiger partial charge in [0, 0.05) is 57.5 Å². The lowest BCUT2D eigenvalue weighted by Crippen LogP contribution is -2.27. The van der Waals surface area contributed by atoms with E-state index in [2.05, 4.69) is 312 Å². The number of aromatic nitrogens is 2. The van der Waals surface area contributed by atoms with E-state index in [4.69, 9.17) is 9.72 Å². The van der Waals surface area contributed by atoms with Crippen LogP contribution in [0.15, 0.2) is 207 Å². The van der Waals surface area contributed by atoms with Gasteiger partial charge in [-0.2, -0.15) is 0 Å². The minimum Gasteiger partial charge on any atom is -0.457 e. The van der Waals surface area contributed by atoms with Gasteiger partial charge in [0.15, 0.2) is 0 Å². The third kappa shape index (κ3) is 10.6. The number of hydrogen-bond acceptors (Lipinski definition) is 4. The fourth-order valence-corrected chi connectivity index (χ4v) is 12.0. The molecule has 5 nitrogen and oxygen atoms in total. The van der Waals surface area contributed by atoms with Crippen LogP contribution in [-0.2, 0) is 21.7 Å². The first kappa shape index (κ1) is 54.8. The van der Waals surface area contributed by atoms with Crippen molar-refractivity contribution in [2.75, 3.05) is 16.5 Å². The van der Waals surface area contributed by atoms with Gasteiger partial charge in [0.2, 0.25) is 0 Å². The van der Waals surface area contributed by atoms with Crippen LogP contribution in [-0.4, -0.2) is 16.2 Å². The van der Waals surface area contributed by atoms with Crippen molar-refractivity contribution in [2.24, 2.45) is 0 Å². The fraction of sp³-hybridized carbons (Fsp3) is 0.276. The molecule has 0 radical (unpaired) electrons. The van der Waals surface area contributed by atoms with Crippen molar-refractivity contribution in [3.8, 4) is 28.4 Å². The molecule has 2 aromatic heterocycles. The summed E-state index contributed by atoms with van der Waals surface area (Å²) in [6, 6.07) is 71.5. The molecule has 0 unspecified atom stereocenters. The maximum Gasteiger partial charge on any atom is 0.137 e. The Balaban J connectivity index is 1.10. The fourth-order valence-electron chi connectivity index (χ4n) is 12.0. The van der Waals surface area contributed by atoms with Crippen LogP contribution in [0.2, 0.25) is 0 Å². The van der Waals surface area contributed by atoms with Crippen LogP contribution >= 0.6 is 0 Å². The lowest BCUT2D eigenvalue weighted by molar-refractivity contribution is 0.483. The largest absolute Gasteiger partial charge is 0.457 e. The van der Waals surface area contributed by atoms with E-state index in [9.17, 15) is 0 Å². The zero-order chi connectivity index (χ0) is 57.2. The van der Waals surface area contributed by atoms with Crippen LogP contribution < -0.4 is 14.5 Å². The molecule has 0 fully saturated rings. The molecular weight excluding hydrogens is 985 g/mol. The van der Waals surface area contributed by atoms with E-state index in [1.807, 2.05) is 6.20 Å². The minimum atomic E-state index is -0.265. The van der Waals surface area contributed by atoms with Gasteiger partial charge in [-0.05, 0) is 145 Å². The van der Waals surface area contributed by atoms with Crippen LogP contribution in [0, 0.1) is 0 Å². The summed E-state index contributed by atoms with van der Waals surface area (Å²) in [5, 5.41) is 2.31. The predicted molar refractivity (Wildman–Crippen MR) is 344 cm³/mol. The maximum atomic E-state index is 7.37. The molecule has 3 heterocycles. The van der Waals surface area contributed by atoms with E-state index in [0.29, 0.717) is 18.5 Å². The van der Waals surface area contributed by atoms with E-state index in [-0.39, 0.29) is 21.7 Å². The Morgan fingerprint density at radius 1 is 0.432 bits per heavy atom. The first-order valence-electron chi connectivity index (χ1n) is 29.2. The molecule has 0 atom stereocenters. The van der Waals surface area contributed by atoms with Crippen molar-refractivity contribution in [2.45, 2.75) is 130 Å². The molecule has 0 amide bonds. The first-order chi connectivity index (χ1) is 38.6. The average molecular weight is 1070 g/mol. The van der Waals surface area contributed by atoms with Crippen molar-refractivity contribution < 1.29 is 4.74 Å². The van der Waals surface area contributed by atoms with E-state index < -0.39 is 0 Å². The van der Waals surface area contributed by atoms with Crippen LogP contribution in [0.1, 0.15) is 159 Å². The molecule has 5 heteroatoms. The van der Waals surface area contributed by atoms with Crippen molar-refractivity contribution >= 4 is 38.9 Å². The van der Waals surface area contributed by atoms with Gasteiger partial charge in [-0.25, -0.2) is 4.98 Å². The molecule has 10 aromatic rings. The molecule has 0 saturated carbocycles. The Bertz CT molecular complexity index is 3900. The SMILES string of the molecule is CC(C)c1cccc(C(C)C)c1-c1cc(Oc2ccc3c4cc(C(C)(C)c5ccccc5)ccc4n(-c4cc(C(C)(C)c5ccccc5)ccn4)c3c2)cc(N2CN(c3cc(C(C)(C)C)cc(C(C)(C)C)c3)C=C2c2ccccc2)c1. The molecular formula is C76H80N4O. The highest BCUT2D eigenvalue weighted by Gasteiger charge is 2.31. The summed E-state index contributed by atoms with van der Waals surface area (Å²) in [7, 11) is 0. The second kappa shape index (κ2) is 21.1. The Hall–Kier alpha value is -8.15. The standard InChI is InChI=1S/C76H80N4O/c1-50(2)64-31-24-32-65(51(3)4)72(64)53-39-61(79-49-78(48-70(79)52-25-18-15-19-26-52)60-42-58(73(5,6)7)41-59(43-60)74(8,9)10)46-63(40-53)81-62-34-35-66-67-44-56(75(11,12)54-27-20-16-21-28-54)33-36-68(67)80(69(66)47-62)71-45-57(37-38-77-71)76(13,14)55-29-22-17-23-30-55/h15-48,50-51H,49H2,1-14H3. The summed E-state index contributed by atoms with van der Waals surface area (Å²) in [6.45, 7) is 33.0. The number of anilines is 2. The minimum absolute atomic E-state index is 0.0284. The number of benzene rings is 8. The van der Waals surface area contributed by atoms with Crippen molar-refractivity contribution in [1.82, 2.24) is 9.55 Å². The normalized spacial score (nSPS) is 13.5. The number of pyridine rings is 1. The third-order valence-electron chi connectivity index (χ3n) is 17.2. The van der Waals surface area contributed by atoms with Crippen molar-refractivity contribution in [3.63, 3.8) is 0 Å². The van der Waals surface area contributed by atoms with Gasteiger partial charge in [-0.15, -0.1) is 0 Å². The zero-order valence-electron chi connectivity index (χ0n) is 50.2. The van der Waals surface area contributed by atoms with Crippen molar-refractivity contribution in [3.05, 3.63) is 257 Å². The van der Waals surface area contributed by atoms with Gasteiger partial charge < -0.3 is 14.5 Å². The Kier molecular flexibility index (Phi) is 14.2. The molecule has 0 bridgehead atoms. The molecule has 0 saturated heterocycles. The summed E-state index contributed by atoms with van der Waals surface area (Å²) in [4.78, 5) is 10.1. The van der Waals surface area contributed by atoms with Gasteiger partial charge in [0.05, 0.1) is 23.4 Å². The van der Waals surface area contributed by atoms with Gasteiger partial charge in [0.1, 0.15) is 17.3 Å². The number of fused-ring (bicyclic) bond motifs is 3. The van der Waals surface area contributed by atoms with Gasteiger partial charge in [-0.1, -0.05) is 218 Å². The number of nitrogens with zero attached hydrogens (tertiary/aromatic N) is 4. The van der Waals surface area contributed by atoms with E-state index in [1.165, 1.54) is 61.1 Å². The smallest absolute Gasteiger partial charge is 0.137 e. The summed E-state index contributed by atoms with van der Waals surface area (Å²) in [5.74, 6) is 2.98. The first-order valence-corrected chi connectivity index (χ1v) is 29.2. The van der Waals surface area contributed by atoms with Gasteiger partial charge in [-0.3, -0.25) is 4.57 Å². The molecule has 0 N–H and O–H groups in total. The van der Waals surface area contributed by atoms with Crippen molar-refractivity contribution in [1.29, 1.82) is 0 Å². The molecule has 8 aromatic carbocycles. The van der Waals surface area contributed by atoms with Gasteiger partial charge >= 0.3 is 0 Å². The topological polar surface area (TPSA) is 33.5 Å². The monoisotopic (exact) mass is 1060 g/mol. The highest BCUT2D eigenvalue weighted by atomic mass is 16.5. The molecule has 1 aliphatic heterocycles. The highest BCUT2D eigenvalue weighted by molar-refractivity contribution is 6.10. The molecule has 0 spiro atoms. The summed E-state index contributed by atoms with van der Waals surface area (Å²) in [6.07, 6.45) is 4.32. The van der Waals surface area contributed by atoms with Crippen LogP contribution in [0.4, 0.5) is 11.4 Å². The van der Waals surface area contributed by atoms with E-state index in [0.717, 1.165) is 56.2 Å². The zero-order valence-corrected chi connectivity index (χ0v) is 50.2. The quantitative estimate of drug-likeness (QED) is 0.115. The number of ether oxygens (including phenoxy) is 1. The van der Waals surface area contributed by atoms with Gasteiger partial charge in [0.25, 0.3) is 0 Å². The lowest BCUT2D eigenvalue weighted by atomic mass is 9.78. The Morgan fingerprint density at radius 2 is 1.01 bits per heavy atom. The van der Waals surface area contributed by atoms with E-state index in [1.54, 1.807) is 0 Å². The number of rotatable bonds is 13. The van der Waals surface area contributed by atoms with Crippen LogP contribution in [0.5, 0.6) is 11.5 Å². The maximum absolute atomic E-state index is 7.37. The second-order valence-electron chi connectivity index (χ2n) is 26.3. The van der Waals surface area contributed by atoms with E-state index >= 15 is 0 Å². The Labute approximate surface area is 482 Å².